The molecule has 0 aliphatic heterocycles. The van der Waals surface area contributed by atoms with Gasteiger partial charge in [-0.2, -0.15) is 5.10 Å². The first-order valence-electron chi connectivity index (χ1n) is 14.9. The zero-order valence-electron chi connectivity index (χ0n) is 24.7. The van der Waals surface area contributed by atoms with Crippen LogP contribution in [0.4, 0.5) is 0 Å². The van der Waals surface area contributed by atoms with E-state index in [4.69, 9.17) is 14.6 Å². The van der Waals surface area contributed by atoms with Gasteiger partial charge in [-0.1, -0.05) is 86.1 Å². The number of nitrogens with zero attached hydrogens (tertiary/aromatic N) is 2. The van der Waals surface area contributed by atoms with Gasteiger partial charge in [0.2, 0.25) is 0 Å². The molecule has 0 amide bonds. The van der Waals surface area contributed by atoms with Crippen LogP contribution < -0.4 is 0 Å². The summed E-state index contributed by atoms with van der Waals surface area (Å²) >= 11 is 0. The van der Waals surface area contributed by atoms with Crippen molar-refractivity contribution in [2.45, 2.75) is 46.5 Å². The Balaban J connectivity index is 1.47. The maximum Gasteiger partial charge on any atom is 0.338 e. The topological polar surface area (TPSA) is 60.2 Å². The molecule has 214 valence electrons. The lowest BCUT2D eigenvalue weighted by molar-refractivity contribution is 0.0500. The van der Waals surface area contributed by atoms with E-state index in [9.17, 15) is 4.79 Å². The average molecular weight is 559 g/mol. The Labute approximate surface area is 248 Å². The molecule has 42 heavy (non-hydrogen) atoms. The van der Waals surface area contributed by atoms with Crippen molar-refractivity contribution in [2.75, 3.05) is 19.8 Å². The van der Waals surface area contributed by atoms with Gasteiger partial charge in [0.15, 0.2) is 0 Å². The van der Waals surface area contributed by atoms with E-state index in [1.54, 1.807) is 0 Å². The van der Waals surface area contributed by atoms with Crippen LogP contribution in [0.3, 0.4) is 0 Å². The van der Waals surface area contributed by atoms with Gasteiger partial charge >= 0.3 is 5.97 Å². The average Bonchev–Trinajstić information content (AvgIpc) is 3.34. The van der Waals surface area contributed by atoms with E-state index in [1.807, 2.05) is 55.6 Å². The predicted molar refractivity (Wildman–Crippen MR) is 172 cm³/mol. The van der Waals surface area contributed by atoms with Gasteiger partial charge in [-0.25, -0.2) is 4.79 Å². The van der Waals surface area contributed by atoms with Gasteiger partial charge in [-0.3, -0.25) is 0 Å². The molecule has 0 atom stereocenters. The highest BCUT2D eigenvalue weighted by molar-refractivity contribution is 6.26. The molecule has 4 aromatic rings. The molecule has 1 aliphatic carbocycles. The monoisotopic (exact) mass is 558 g/mol. The quantitative estimate of drug-likeness (QED) is 0.0668. The Morgan fingerprint density at radius 1 is 0.786 bits per heavy atom. The summed E-state index contributed by atoms with van der Waals surface area (Å²) in [6.07, 6.45) is 5.54. The molecule has 4 aromatic carbocycles. The van der Waals surface area contributed by atoms with Crippen molar-refractivity contribution >= 4 is 17.9 Å². The van der Waals surface area contributed by atoms with Crippen LogP contribution in [-0.2, 0) is 15.9 Å². The third-order valence-electron chi connectivity index (χ3n) is 7.59. The van der Waals surface area contributed by atoms with Crippen LogP contribution in [-0.4, -0.2) is 37.7 Å². The molecule has 0 heterocycles. The Morgan fingerprint density at radius 2 is 1.55 bits per heavy atom. The number of fused-ring (bicyclic) bond motifs is 3. The van der Waals surface area contributed by atoms with Gasteiger partial charge in [0.1, 0.15) is 5.71 Å². The molecule has 0 saturated heterocycles. The minimum Gasteiger partial charge on any atom is -0.462 e. The molecule has 1 aliphatic rings. The number of hydrogen-bond donors (Lipinski definition) is 0. The zero-order valence-corrected chi connectivity index (χ0v) is 24.7. The largest absolute Gasteiger partial charge is 0.462 e. The summed E-state index contributed by atoms with van der Waals surface area (Å²) in [6, 6.07) is 28.7. The molecule has 5 nitrogen and oxygen atoms in total. The summed E-state index contributed by atoms with van der Waals surface area (Å²) in [7, 11) is 0. The molecular formula is C37H38N2O3. The minimum absolute atomic E-state index is 0.301. The fourth-order valence-electron chi connectivity index (χ4n) is 5.44. The molecule has 0 N–H and O–H groups in total. The van der Waals surface area contributed by atoms with E-state index in [0.717, 1.165) is 72.4 Å². The van der Waals surface area contributed by atoms with Crippen molar-refractivity contribution in [3.8, 4) is 22.3 Å². The fraction of sp³-hybridized carbons (Fsp3) is 0.270. The molecular weight excluding hydrogens is 520 g/mol. The van der Waals surface area contributed by atoms with Crippen LogP contribution in [0.1, 0.15) is 71.3 Å². The lowest BCUT2D eigenvalue weighted by Gasteiger charge is -2.13. The molecule has 5 rings (SSSR count). The molecule has 5 heteroatoms. The van der Waals surface area contributed by atoms with E-state index >= 15 is 0 Å². The lowest BCUT2D eigenvalue weighted by Crippen LogP contribution is -2.08. The fourth-order valence-corrected chi connectivity index (χ4v) is 5.44. The number of carbonyl (C=O) groups is 1. The summed E-state index contributed by atoms with van der Waals surface area (Å²) in [5, 5.41) is 9.26. The maximum atomic E-state index is 13.0. The highest BCUT2D eigenvalue weighted by Gasteiger charge is 2.29. The second-order valence-electron chi connectivity index (χ2n) is 10.5. The number of benzene rings is 4. The third kappa shape index (κ3) is 6.42. The molecule has 0 fully saturated rings. The highest BCUT2D eigenvalue weighted by atomic mass is 16.5. The zero-order chi connectivity index (χ0) is 29.3. The first kappa shape index (κ1) is 29.2. The number of ether oxygens (including phenoxy) is 2. The van der Waals surface area contributed by atoms with Crippen LogP contribution in [0.15, 0.2) is 95.1 Å². The van der Waals surface area contributed by atoms with Gasteiger partial charge in [0.05, 0.1) is 18.4 Å². The van der Waals surface area contributed by atoms with Crippen LogP contribution in [0, 0.1) is 6.92 Å². The number of carbonyl (C=O) groups excluding carboxylic acids is 1. The molecule has 0 radical (unpaired) electrons. The van der Waals surface area contributed by atoms with E-state index in [1.165, 1.54) is 22.3 Å². The van der Waals surface area contributed by atoms with Crippen molar-refractivity contribution in [3.05, 3.63) is 118 Å². The highest BCUT2D eigenvalue weighted by Crippen LogP contribution is 2.39. The molecule has 0 spiro atoms. The summed E-state index contributed by atoms with van der Waals surface area (Å²) in [5.41, 5.74) is 11.0. The van der Waals surface area contributed by atoms with Crippen LogP contribution >= 0.6 is 0 Å². The smallest absolute Gasteiger partial charge is 0.338 e. The summed E-state index contributed by atoms with van der Waals surface area (Å²) in [4.78, 5) is 13.0. The summed E-state index contributed by atoms with van der Waals surface area (Å²) in [6.45, 7) is 8.17. The molecule has 0 unspecified atom stereocenters. The van der Waals surface area contributed by atoms with Crippen LogP contribution in [0.2, 0.25) is 0 Å². The van der Waals surface area contributed by atoms with Gasteiger partial charge in [-0.05, 0) is 78.6 Å². The molecule has 0 bridgehead atoms. The van der Waals surface area contributed by atoms with E-state index < -0.39 is 0 Å². The SMILES string of the molecule is CCCCOC(=O)c1cccc2c1-c1ccccc1/C2=N\N=C\c1ccc(CCCOCC)c(-c2ccccc2C)c1. The number of esters is 1. The van der Waals surface area contributed by atoms with Gasteiger partial charge in [-0.15, -0.1) is 5.10 Å². The Bertz CT molecular complexity index is 1620. The van der Waals surface area contributed by atoms with Crippen molar-refractivity contribution in [2.24, 2.45) is 10.2 Å². The standard InChI is InChI=1S/C37H38N2O3/c1-4-6-23-42-37(40)33-19-11-18-32-35(33)30-16-9-10-17-31(30)36(32)39-38-25-27-20-21-28(14-12-22-41-5-2)34(24-27)29-15-8-7-13-26(29)3/h7-11,13,15-21,24-25H,4-6,12,14,22-23H2,1-3H3/b38-25+,39-36+. The Morgan fingerprint density at radius 3 is 2.33 bits per heavy atom. The molecule has 0 aromatic heterocycles. The summed E-state index contributed by atoms with van der Waals surface area (Å²) in [5.74, 6) is -0.301. The predicted octanol–water partition coefficient (Wildman–Crippen LogP) is 8.44. The maximum absolute atomic E-state index is 13.0. The second kappa shape index (κ2) is 14.0. The Hall–Kier alpha value is -4.35. The van der Waals surface area contributed by atoms with Crippen molar-refractivity contribution < 1.29 is 14.3 Å². The van der Waals surface area contributed by atoms with Crippen molar-refractivity contribution in [1.82, 2.24) is 0 Å². The van der Waals surface area contributed by atoms with Gasteiger partial charge in [0.25, 0.3) is 0 Å². The van der Waals surface area contributed by atoms with E-state index in [0.29, 0.717) is 12.2 Å². The van der Waals surface area contributed by atoms with Crippen LogP contribution in [0.25, 0.3) is 22.3 Å². The Kier molecular flexibility index (Phi) is 9.73. The van der Waals surface area contributed by atoms with Crippen molar-refractivity contribution in [3.63, 3.8) is 0 Å². The lowest BCUT2D eigenvalue weighted by atomic mass is 9.92. The molecule has 0 saturated carbocycles. The number of unbranched alkanes of at least 4 members (excludes halogenated alkanes) is 1. The first-order chi connectivity index (χ1) is 20.6. The minimum atomic E-state index is -0.301. The van der Waals surface area contributed by atoms with Gasteiger partial charge < -0.3 is 9.47 Å². The van der Waals surface area contributed by atoms with E-state index in [2.05, 4.69) is 61.4 Å². The number of hydrogen-bond acceptors (Lipinski definition) is 5. The summed E-state index contributed by atoms with van der Waals surface area (Å²) < 4.78 is 11.2. The van der Waals surface area contributed by atoms with Crippen molar-refractivity contribution in [1.29, 1.82) is 0 Å². The van der Waals surface area contributed by atoms with E-state index in [-0.39, 0.29) is 5.97 Å². The third-order valence-corrected chi connectivity index (χ3v) is 7.59. The van der Waals surface area contributed by atoms with Crippen LogP contribution in [0.5, 0.6) is 0 Å². The second-order valence-corrected chi connectivity index (χ2v) is 10.5. The van der Waals surface area contributed by atoms with Gasteiger partial charge in [0, 0.05) is 29.9 Å². The number of rotatable bonds is 12. The first-order valence-corrected chi connectivity index (χ1v) is 14.9. The number of aryl methyl sites for hydroxylation is 2. The normalized spacial score (nSPS) is 13.0.